The molecule has 2 heterocycles. The molecule has 0 spiro atoms. The Morgan fingerprint density at radius 3 is 2.39 bits per heavy atom. The van der Waals surface area contributed by atoms with Crippen LogP contribution in [-0.2, 0) is 6.42 Å². The van der Waals surface area contributed by atoms with Gasteiger partial charge in [-0.2, -0.15) is 5.10 Å². The molecule has 0 unspecified atom stereocenters. The smallest absolute Gasteiger partial charge is 0.162 e. The van der Waals surface area contributed by atoms with Gasteiger partial charge in [0.15, 0.2) is 11.5 Å². The highest BCUT2D eigenvalue weighted by Crippen LogP contribution is 2.35. The van der Waals surface area contributed by atoms with Gasteiger partial charge in [0.2, 0.25) is 0 Å². The van der Waals surface area contributed by atoms with E-state index in [0.29, 0.717) is 13.2 Å². The largest absolute Gasteiger partial charge is 0.486 e. The van der Waals surface area contributed by atoms with Gasteiger partial charge in [0.05, 0.1) is 0 Å². The summed E-state index contributed by atoms with van der Waals surface area (Å²) in [7, 11) is 0. The van der Waals surface area contributed by atoms with Crippen molar-refractivity contribution >= 4 is 17.1 Å². The Hall–Kier alpha value is -2.82. The highest BCUT2D eigenvalue weighted by Gasteiger charge is 2.21. The van der Waals surface area contributed by atoms with Crippen LogP contribution in [-0.4, -0.2) is 24.6 Å². The van der Waals surface area contributed by atoms with Gasteiger partial charge < -0.3 is 15.2 Å². The lowest BCUT2D eigenvalue weighted by Crippen LogP contribution is -2.17. The summed E-state index contributed by atoms with van der Waals surface area (Å²) in [6.45, 7) is 3.13. The van der Waals surface area contributed by atoms with Crippen LogP contribution in [0.15, 0.2) is 46.6 Å². The molecule has 23 heavy (non-hydrogen) atoms. The van der Waals surface area contributed by atoms with Crippen LogP contribution in [0.4, 0.5) is 5.69 Å². The molecule has 4 rings (SSSR count). The van der Waals surface area contributed by atoms with E-state index in [2.05, 4.69) is 10.2 Å². The van der Waals surface area contributed by atoms with E-state index < -0.39 is 0 Å². The highest BCUT2D eigenvalue weighted by atomic mass is 16.6. The summed E-state index contributed by atoms with van der Waals surface area (Å²) >= 11 is 0. The number of nitrogens with two attached hydrogens (primary N) is 1. The van der Waals surface area contributed by atoms with Crippen LogP contribution in [0.2, 0.25) is 0 Å². The molecule has 0 radical (unpaired) electrons. The molecule has 2 aliphatic rings. The SMILES string of the molecule is CC1=NN=C(c2ccc(N)cc2)c2cc3c(cc2C1)OCCO3. The summed E-state index contributed by atoms with van der Waals surface area (Å²) in [5, 5.41) is 8.80. The second kappa shape index (κ2) is 5.43. The lowest BCUT2D eigenvalue weighted by molar-refractivity contribution is 0.171. The van der Waals surface area contributed by atoms with Gasteiger partial charge in [-0.3, -0.25) is 0 Å². The van der Waals surface area contributed by atoms with Gasteiger partial charge in [0.1, 0.15) is 18.9 Å². The van der Waals surface area contributed by atoms with E-state index in [9.17, 15) is 0 Å². The van der Waals surface area contributed by atoms with Crippen molar-refractivity contribution in [2.24, 2.45) is 10.2 Å². The molecule has 0 fully saturated rings. The van der Waals surface area contributed by atoms with Crippen molar-refractivity contribution in [3.8, 4) is 11.5 Å². The third-order valence-electron chi connectivity index (χ3n) is 3.97. The van der Waals surface area contributed by atoms with E-state index in [-0.39, 0.29) is 0 Å². The molecule has 2 aromatic carbocycles. The Balaban J connectivity index is 1.89. The average molecular weight is 307 g/mol. The molecule has 2 aliphatic heterocycles. The van der Waals surface area contributed by atoms with Gasteiger partial charge in [-0.15, -0.1) is 5.10 Å². The van der Waals surface area contributed by atoms with Crippen molar-refractivity contribution in [2.75, 3.05) is 18.9 Å². The van der Waals surface area contributed by atoms with Crippen LogP contribution < -0.4 is 15.2 Å². The molecule has 0 aliphatic carbocycles. The van der Waals surface area contributed by atoms with E-state index in [1.54, 1.807) is 0 Å². The van der Waals surface area contributed by atoms with Gasteiger partial charge in [0.25, 0.3) is 0 Å². The molecule has 2 N–H and O–H groups in total. The monoisotopic (exact) mass is 307 g/mol. The van der Waals surface area contributed by atoms with E-state index in [1.165, 1.54) is 0 Å². The lowest BCUT2D eigenvalue weighted by atomic mass is 9.94. The Morgan fingerprint density at radius 2 is 1.65 bits per heavy atom. The number of nitrogen functional groups attached to an aromatic ring is 1. The number of anilines is 1. The molecule has 5 heteroatoms. The van der Waals surface area contributed by atoms with Crippen LogP contribution in [0.5, 0.6) is 11.5 Å². The van der Waals surface area contributed by atoms with Crippen molar-refractivity contribution in [2.45, 2.75) is 13.3 Å². The van der Waals surface area contributed by atoms with E-state index >= 15 is 0 Å². The van der Waals surface area contributed by atoms with Gasteiger partial charge in [-0.05, 0) is 36.8 Å². The topological polar surface area (TPSA) is 69.2 Å². The molecular formula is C18H17N3O2. The predicted octanol–water partition coefficient (Wildman–Crippen LogP) is 2.81. The van der Waals surface area contributed by atoms with Crippen LogP contribution in [0.25, 0.3) is 0 Å². The first-order chi connectivity index (χ1) is 11.2. The summed E-state index contributed by atoms with van der Waals surface area (Å²) in [6.07, 6.45) is 0.744. The molecule has 0 aromatic heterocycles. The molecule has 0 saturated carbocycles. The van der Waals surface area contributed by atoms with Crippen LogP contribution in [0, 0.1) is 0 Å². The molecule has 2 aromatic rings. The molecule has 116 valence electrons. The Bertz CT molecular complexity index is 823. The molecule has 0 saturated heterocycles. The zero-order valence-electron chi connectivity index (χ0n) is 12.9. The number of benzene rings is 2. The Morgan fingerprint density at radius 1 is 0.957 bits per heavy atom. The fraction of sp³-hybridized carbons (Fsp3) is 0.222. The average Bonchev–Trinajstić information content (AvgIpc) is 2.72. The minimum absolute atomic E-state index is 0.565. The lowest BCUT2D eigenvalue weighted by Gasteiger charge is -2.21. The van der Waals surface area contributed by atoms with Crippen molar-refractivity contribution in [3.05, 3.63) is 53.1 Å². The molecule has 0 atom stereocenters. The van der Waals surface area contributed by atoms with E-state index in [0.717, 1.165) is 51.7 Å². The summed E-state index contributed by atoms with van der Waals surface area (Å²) in [5.74, 6) is 1.55. The van der Waals surface area contributed by atoms with Crippen LogP contribution >= 0.6 is 0 Å². The normalized spacial score (nSPS) is 16.0. The maximum atomic E-state index is 5.79. The fourth-order valence-electron chi connectivity index (χ4n) is 2.85. The number of rotatable bonds is 1. The number of fused-ring (bicyclic) bond motifs is 2. The van der Waals surface area contributed by atoms with Crippen LogP contribution in [0.1, 0.15) is 23.6 Å². The van der Waals surface area contributed by atoms with Crippen molar-refractivity contribution in [3.63, 3.8) is 0 Å². The van der Waals surface area contributed by atoms with Crippen molar-refractivity contribution in [1.82, 2.24) is 0 Å². The van der Waals surface area contributed by atoms with Gasteiger partial charge in [0, 0.05) is 28.9 Å². The first-order valence-electron chi connectivity index (χ1n) is 7.60. The first kappa shape index (κ1) is 13.8. The van der Waals surface area contributed by atoms with Crippen LogP contribution in [0.3, 0.4) is 0 Å². The number of hydrogen-bond acceptors (Lipinski definition) is 5. The Labute approximate surface area is 134 Å². The minimum atomic E-state index is 0.565. The summed E-state index contributed by atoms with van der Waals surface area (Å²) in [4.78, 5) is 0. The van der Waals surface area contributed by atoms with Crippen molar-refractivity contribution in [1.29, 1.82) is 0 Å². The summed E-state index contributed by atoms with van der Waals surface area (Å²) < 4.78 is 11.4. The predicted molar refractivity (Wildman–Crippen MR) is 90.7 cm³/mol. The number of hydrogen-bond donors (Lipinski definition) is 1. The fourth-order valence-corrected chi connectivity index (χ4v) is 2.85. The number of nitrogens with zero attached hydrogens (tertiary/aromatic N) is 2. The maximum absolute atomic E-state index is 5.79. The standard InChI is InChI=1S/C18H17N3O2/c1-11-8-13-9-16-17(23-7-6-22-16)10-15(13)18(21-20-11)12-2-4-14(19)5-3-12/h2-5,9-10H,6-8,19H2,1H3. The number of ether oxygens (including phenoxy) is 2. The molecule has 0 bridgehead atoms. The third kappa shape index (κ3) is 2.54. The van der Waals surface area contributed by atoms with E-state index in [1.807, 2.05) is 43.3 Å². The zero-order valence-corrected chi connectivity index (χ0v) is 12.9. The highest BCUT2D eigenvalue weighted by molar-refractivity contribution is 6.15. The first-order valence-corrected chi connectivity index (χ1v) is 7.60. The zero-order chi connectivity index (χ0) is 15.8. The summed E-state index contributed by atoms with van der Waals surface area (Å²) in [6, 6.07) is 11.7. The Kier molecular flexibility index (Phi) is 3.26. The van der Waals surface area contributed by atoms with Crippen molar-refractivity contribution < 1.29 is 9.47 Å². The second-order valence-electron chi connectivity index (χ2n) is 5.74. The molecule has 0 amide bonds. The second-order valence-corrected chi connectivity index (χ2v) is 5.74. The van der Waals surface area contributed by atoms with Gasteiger partial charge in [-0.25, -0.2) is 0 Å². The van der Waals surface area contributed by atoms with Gasteiger partial charge >= 0.3 is 0 Å². The van der Waals surface area contributed by atoms with E-state index in [4.69, 9.17) is 15.2 Å². The quantitative estimate of drug-likeness (QED) is 0.824. The summed E-state index contributed by atoms with van der Waals surface area (Å²) in [5.41, 5.74) is 11.5. The maximum Gasteiger partial charge on any atom is 0.162 e. The molecule has 5 nitrogen and oxygen atoms in total. The molecular weight excluding hydrogens is 290 g/mol. The van der Waals surface area contributed by atoms with Gasteiger partial charge in [-0.1, -0.05) is 12.1 Å². The minimum Gasteiger partial charge on any atom is -0.486 e. The third-order valence-corrected chi connectivity index (χ3v) is 3.97.